The minimum Gasteiger partial charge on any atom is -0.0979 e. The normalized spacial score (nSPS) is 17.4. The van der Waals surface area contributed by atoms with Crippen LogP contribution in [0.2, 0.25) is 0 Å². The molecule has 0 radical (unpaired) electrons. The molecule has 0 amide bonds. The Labute approximate surface area is 210 Å². The lowest BCUT2D eigenvalue weighted by Gasteiger charge is -2.28. The Morgan fingerprint density at radius 1 is 0.588 bits per heavy atom. The zero-order valence-electron chi connectivity index (χ0n) is 21.7. The highest BCUT2D eigenvalue weighted by molar-refractivity contribution is 5.46. The molecule has 0 unspecified atom stereocenters. The topological polar surface area (TPSA) is 0 Å². The van der Waals surface area contributed by atoms with E-state index in [0.29, 0.717) is 0 Å². The second kappa shape index (κ2) is 15.5. The Hall–Kier alpha value is -2.44. The molecule has 0 saturated heterocycles. The number of hydrogen-bond donors (Lipinski definition) is 0. The molecule has 0 heterocycles. The van der Waals surface area contributed by atoms with Crippen molar-refractivity contribution in [3.05, 3.63) is 70.8 Å². The molecule has 1 saturated carbocycles. The van der Waals surface area contributed by atoms with Crippen LogP contribution in [0.5, 0.6) is 0 Å². The van der Waals surface area contributed by atoms with E-state index < -0.39 is 0 Å². The summed E-state index contributed by atoms with van der Waals surface area (Å²) in [5, 5.41) is 0. The third kappa shape index (κ3) is 9.82. The Bertz CT molecular complexity index is 932. The molecule has 1 aliphatic rings. The van der Waals surface area contributed by atoms with Crippen molar-refractivity contribution in [1.29, 1.82) is 0 Å². The summed E-state index contributed by atoms with van der Waals surface area (Å²) in [6.45, 7) is 4.55. The van der Waals surface area contributed by atoms with Crippen molar-refractivity contribution in [3.8, 4) is 23.7 Å². The molecule has 0 bridgehead atoms. The smallest absolute Gasteiger partial charge is 0.0249 e. The van der Waals surface area contributed by atoms with E-state index in [1.807, 2.05) is 0 Å². The van der Waals surface area contributed by atoms with Crippen molar-refractivity contribution >= 4 is 0 Å². The lowest BCUT2D eigenvalue weighted by Crippen LogP contribution is -2.15. The monoisotopic (exact) mass is 452 g/mol. The first-order valence-corrected chi connectivity index (χ1v) is 14.0. The predicted molar refractivity (Wildman–Crippen MR) is 148 cm³/mol. The molecule has 1 fully saturated rings. The van der Waals surface area contributed by atoms with Gasteiger partial charge in [0.15, 0.2) is 0 Å². The van der Waals surface area contributed by atoms with Crippen LogP contribution in [0.15, 0.2) is 48.5 Å². The van der Waals surface area contributed by atoms with E-state index >= 15 is 0 Å². The summed E-state index contributed by atoms with van der Waals surface area (Å²) in [6, 6.07) is 17.3. The van der Waals surface area contributed by atoms with E-state index in [0.717, 1.165) is 34.9 Å². The Kier molecular flexibility index (Phi) is 11.9. The lowest BCUT2D eigenvalue weighted by atomic mass is 9.78. The molecular formula is C34H44. The summed E-state index contributed by atoms with van der Waals surface area (Å²) in [7, 11) is 0. The van der Waals surface area contributed by atoms with Crippen LogP contribution < -0.4 is 0 Å². The van der Waals surface area contributed by atoms with Crippen molar-refractivity contribution in [1.82, 2.24) is 0 Å². The van der Waals surface area contributed by atoms with E-state index in [1.165, 1.54) is 89.0 Å². The largest absolute Gasteiger partial charge is 0.0979 e. The maximum Gasteiger partial charge on any atom is 0.0249 e. The number of benzene rings is 2. The molecule has 2 aromatic rings. The van der Waals surface area contributed by atoms with Crippen LogP contribution in [0.1, 0.15) is 120 Å². The zero-order chi connectivity index (χ0) is 23.8. The summed E-state index contributed by atoms with van der Waals surface area (Å²) >= 11 is 0. The SMILES string of the molecule is CCCCCCC#Cc1ccc(C#Cc2ccc(CC[C@H]3CC[C@H](CCCC)CC3)cc2)cc1. The second-order valence-corrected chi connectivity index (χ2v) is 10.2. The molecule has 34 heavy (non-hydrogen) atoms. The summed E-state index contributed by atoms with van der Waals surface area (Å²) < 4.78 is 0. The number of aryl methyl sites for hydroxylation is 1. The summed E-state index contributed by atoms with van der Waals surface area (Å²) in [5.74, 6) is 15.1. The van der Waals surface area contributed by atoms with E-state index in [-0.39, 0.29) is 0 Å². The van der Waals surface area contributed by atoms with Crippen LogP contribution in [0.3, 0.4) is 0 Å². The average molecular weight is 453 g/mol. The minimum atomic E-state index is 0.936. The fourth-order valence-corrected chi connectivity index (χ4v) is 5.01. The van der Waals surface area contributed by atoms with Crippen molar-refractivity contribution in [2.75, 3.05) is 0 Å². The van der Waals surface area contributed by atoms with Crippen molar-refractivity contribution < 1.29 is 0 Å². The van der Waals surface area contributed by atoms with Crippen LogP contribution in [0.4, 0.5) is 0 Å². The van der Waals surface area contributed by atoms with Gasteiger partial charge in [0.2, 0.25) is 0 Å². The number of rotatable bonds is 10. The van der Waals surface area contributed by atoms with Crippen molar-refractivity contribution in [3.63, 3.8) is 0 Å². The van der Waals surface area contributed by atoms with Crippen LogP contribution in [0.25, 0.3) is 0 Å². The molecule has 3 rings (SSSR count). The van der Waals surface area contributed by atoms with Crippen LogP contribution >= 0.6 is 0 Å². The zero-order valence-corrected chi connectivity index (χ0v) is 21.7. The third-order valence-electron chi connectivity index (χ3n) is 7.35. The Balaban J connectivity index is 1.40. The molecule has 1 aliphatic carbocycles. The fourth-order valence-electron chi connectivity index (χ4n) is 5.01. The summed E-state index contributed by atoms with van der Waals surface area (Å²) in [6.07, 6.45) is 18.7. The van der Waals surface area contributed by atoms with Crippen LogP contribution in [-0.2, 0) is 6.42 Å². The molecule has 2 aromatic carbocycles. The molecule has 0 heteroatoms. The Morgan fingerprint density at radius 2 is 1.12 bits per heavy atom. The van der Waals surface area contributed by atoms with E-state index in [2.05, 4.69) is 86.1 Å². The van der Waals surface area contributed by atoms with Gasteiger partial charge in [0, 0.05) is 23.1 Å². The van der Waals surface area contributed by atoms with Gasteiger partial charge in [0.25, 0.3) is 0 Å². The standard InChI is InChI=1S/C34H44/c1-3-5-7-8-9-10-12-30-15-19-32(20-16-30)22-24-34-27-25-33(26-28-34)23-21-31-17-13-29(14-18-31)11-6-4-2/h15-16,19-20,25-29,31H,3-9,11,13-14,17-18,21,23H2,1-2H3/t29-,31-. The second-order valence-electron chi connectivity index (χ2n) is 10.2. The Morgan fingerprint density at radius 3 is 1.71 bits per heavy atom. The molecule has 0 aromatic heterocycles. The van der Waals surface area contributed by atoms with Gasteiger partial charge in [-0.25, -0.2) is 0 Å². The first-order chi connectivity index (χ1) is 16.8. The van der Waals surface area contributed by atoms with Crippen molar-refractivity contribution in [2.45, 2.75) is 104 Å². The highest BCUT2D eigenvalue weighted by Crippen LogP contribution is 2.34. The van der Waals surface area contributed by atoms with Gasteiger partial charge < -0.3 is 0 Å². The minimum absolute atomic E-state index is 0.936. The average Bonchev–Trinajstić information content (AvgIpc) is 2.89. The summed E-state index contributed by atoms with van der Waals surface area (Å²) in [5.41, 5.74) is 4.68. The lowest BCUT2D eigenvalue weighted by molar-refractivity contribution is 0.250. The van der Waals surface area contributed by atoms with Gasteiger partial charge in [-0.05, 0) is 73.1 Å². The van der Waals surface area contributed by atoms with Gasteiger partial charge in [-0.15, -0.1) is 0 Å². The van der Waals surface area contributed by atoms with Crippen LogP contribution in [0, 0.1) is 35.5 Å². The van der Waals surface area contributed by atoms with Gasteiger partial charge in [0.1, 0.15) is 0 Å². The third-order valence-corrected chi connectivity index (χ3v) is 7.35. The molecule has 0 aliphatic heterocycles. The molecule has 0 nitrogen and oxygen atoms in total. The van der Waals surface area contributed by atoms with Gasteiger partial charge in [-0.3, -0.25) is 0 Å². The summed E-state index contributed by atoms with van der Waals surface area (Å²) in [4.78, 5) is 0. The van der Waals surface area contributed by atoms with Gasteiger partial charge in [-0.1, -0.05) is 114 Å². The maximum absolute atomic E-state index is 3.32. The predicted octanol–water partition coefficient (Wildman–Crippen LogP) is 9.34. The maximum atomic E-state index is 3.32. The highest BCUT2D eigenvalue weighted by atomic mass is 14.3. The van der Waals surface area contributed by atoms with E-state index in [4.69, 9.17) is 0 Å². The molecular weight excluding hydrogens is 408 g/mol. The van der Waals surface area contributed by atoms with E-state index in [1.54, 1.807) is 0 Å². The first kappa shape index (κ1) is 26.2. The van der Waals surface area contributed by atoms with Crippen LogP contribution in [-0.4, -0.2) is 0 Å². The first-order valence-electron chi connectivity index (χ1n) is 14.0. The fraction of sp³-hybridized carbons (Fsp3) is 0.529. The number of unbranched alkanes of at least 4 members (excludes halogenated alkanes) is 5. The molecule has 0 atom stereocenters. The highest BCUT2D eigenvalue weighted by Gasteiger charge is 2.20. The quantitative estimate of drug-likeness (QED) is 0.249. The van der Waals surface area contributed by atoms with Crippen molar-refractivity contribution in [2.24, 2.45) is 11.8 Å². The molecule has 0 N–H and O–H groups in total. The van der Waals surface area contributed by atoms with Gasteiger partial charge in [0.05, 0.1) is 0 Å². The molecule has 180 valence electrons. The van der Waals surface area contributed by atoms with Gasteiger partial charge >= 0.3 is 0 Å². The van der Waals surface area contributed by atoms with E-state index in [9.17, 15) is 0 Å². The molecule has 0 spiro atoms. The number of hydrogen-bond acceptors (Lipinski definition) is 0. The van der Waals surface area contributed by atoms with Gasteiger partial charge in [-0.2, -0.15) is 0 Å².